The van der Waals surface area contributed by atoms with E-state index in [1.165, 1.54) is 12.0 Å². The molecule has 118 valence electrons. The summed E-state index contributed by atoms with van der Waals surface area (Å²) in [5.41, 5.74) is 1.86. The van der Waals surface area contributed by atoms with Crippen molar-refractivity contribution in [2.75, 3.05) is 5.01 Å². The van der Waals surface area contributed by atoms with Gasteiger partial charge in [0.15, 0.2) is 5.95 Å². The van der Waals surface area contributed by atoms with Gasteiger partial charge in [0, 0.05) is 11.2 Å². The minimum Gasteiger partial charge on any atom is -0.539 e. The second-order valence-electron chi connectivity index (χ2n) is 6.19. The number of piperidine rings is 1. The maximum atomic E-state index is 12.0. The Labute approximate surface area is 131 Å². The summed E-state index contributed by atoms with van der Waals surface area (Å²) in [5.74, 6) is -0.319. The van der Waals surface area contributed by atoms with Gasteiger partial charge in [-0.3, -0.25) is 0 Å². The van der Waals surface area contributed by atoms with E-state index in [2.05, 4.69) is 36.3 Å². The number of aryl methyl sites for hydroxylation is 1. The van der Waals surface area contributed by atoms with Gasteiger partial charge in [0.2, 0.25) is 0 Å². The Bertz CT molecular complexity index is 602. The van der Waals surface area contributed by atoms with Crippen LogP contribution in [0.4, 0.5) is 0 Å². The third-order valence-electron chi connectivity index (χ3n) is 4.54. The summed E-state index contributed by atoms with van der Waals surface area (Å²) in [7, 11) is 0. The van der Waals surface area contributed by atoms with E-state index in [0.717, 1.165) is 19.3 Å². The van der Waals surface area contributed by atoms with Gasteiger partial charge >= 0.3 is 0 Å². The molecule has 2 atom stereocenters. The highest BCUT2D eigenvalue weighted by Gasteiger charge is 2.35. The van der Waals surface area contributed by atoms with Gasteiger partial charge in [-0.1, -0.05) is 30.3 Å². The summed E-state index contributed by atoms with van der Waals surface area (Å²) in [6.07, 6.45) is 4.92. The summed E-state index contributed by atoms with van der Waals surface area (Å²) in [6, 6.07) is 10.9. The van der Waals surface area contributed by atoms with Gasteiger partial charge in [0.25, 0.3) is 5.69 Å². The van der Waals surface area contributed by atoms with Crippen LogP contribution in [0.5, 0.6) is 5.95 Å². The van der Waals surface area contributed by atoms with Gasteiger partial charge in [-0.2, -0.15) is 0 Å². The highest BCUT2D eigenvalue weighted by Crippen LogP contribution is 2.20. The van der Waals surface area contributed by atoms with Gasteiger partial charge in [-0.25, -0.2) is 0 Å². The molecule has 1 saturated heterocycles. The van der Waals surface area contributed by atoms with E-state index in [4.69, 9.17) is 4.52 Å². The van der Waals surface area contributed by atoms with Crippen molar-refractivity contribution < 1.29 is 14.4 Å². The molecule has 1 aliphatic heterocycles. The smallest absolute Gasteiger partial charge is 0.267 e. The van der Waals surface area contributed by atoms with Crippen molar-refractivity contribution >= 4 is 0 Å². The molecule has 0 bridgehead atoms. The Balaban J connectivity index is 1.81. The molecule has 2 heterocycles. The number of aromatic nitrogens is 2. The van der Waals surface area contributed by atoms with Crippen LogP contribution in [0.1, 0.15) is 44.4 Å². The Kier molecular flexibility index (Phi) is 4.32. The summed E-state index contributed by atoms with van der Waals surface area (Å²) in [5, 5.41) is 18.2. The lowest BCUT2D eigenvalue weighted by molar-refractivity contribution is -0.772. The average Bonchev–Trinajstić information content (AvgIpc) is 2.87. The maximum Gasteiger partial charge on any atom is 0.267 e. The maximum absolute atomic E-state index is 12.0. The normalized spacial score (nSPS) is 22.0. The predicted molar refractivity (Wildman–Crippen MR) is 81.0 cm³/mol. The number of hydrogen-bond acceptors (Lipinski definition) is 4. The fraction of sp³-hybridized carbons (Fsp3) is 0.529. The predicted octanol–water partition coefficient (Wildman–Crippen LogP) is 1.72. The molecule has 3 rings (SSSR count). The number of benzene rings is 1. The Hall–Kier alpha value is -2.04. The average molecular weight is 301 g/mol. The molecule has 1 aliphatic rings. The molecule has 1 aromatic heterocycles. The van der Waals surface area contributed by atoms with Crippen LogP contribution in [0.15, 0.2) is 34.9 Å². The first-order valence-corrected chi connectivity index (χ1v) is 8.07. The molecule has 0 radical (unpaired) electrons. The zero-order chi connectivity index (χ0) is 15.5. The van der Waals surface area contributed by atoms with Crippen LogP contribution in [-0.2, 0) is 12.8 Å². The van der Waals surface area contributed by atoms with Crippen LogP contribution >= 0.6 is 0 Å². The quantitative estimate of drug-likeness (QED) is 0.807. The monoisotopic (exact) mass is 301 g/mol. The molecule has 1 fully saturated rings. The molecular weight excluding hydrogens is 278 g/mol. The summed E-state index contributed by atoms with van der Waals surface area (Å²) >= 11 is 0. The highest BCUT2D eigenvalue weighted by atomic mass is 16.6. The summed E-state index contributed by atoms with van der Waals surface area (Å²) < 4.78 is 4.95. The van der Waals surface area contributed by atoms with Crippen LogP contribution < -0.4 is 14.9 Å². The van der Waals surface area contributed by atoms with Gasteiger partial charge < -0.3 is 9.63 Å². The number of rotatable bonds is 4. The van der Waals surface area contributed by atoms with Gasteiger partial charge in [0.05, 0.1) is 12.1 Å². The molecule has 22 heavy (non-hydrogen) atoms. The minimum absolute atomic E-state index is 0.319. The van der Waals surface area contributed by atoms with Crippen molar-refractivity contribution in [2.24, 2.45) is 0 Å². The van der Waals surface area contributed by atoms with E-state index in [9.17, 15) is 5.11 Å². The first kappa shape index (κ1) is 14.9. The molecule has 1 aromatic carbocycles. The molecule has 0 saturated carbocycles. The highest BCUT2D eigenvalue weighted by molar-refractivity contribution is 5.17. The molecule has 0 amide bonds. The summed E-state index contributed by atoms with van der Waals surface area (Å²) in [6.45, 7) is 4.37. The third-order valence-corrected chi connectivity index (χ3v) is 4.54. The zero-order valence-electron chi connectivity index (χ0n) is 13.2. The van der Waals surface area contributed by atoms with Crippen LogP contribution in [-0.4, -0.2) is 17.4 Å². The fourth-order valence-corrected chi connectivity index (χ4v) is 3.33. The first-order chi connectivity index (χ1) is 10.7. The lowest BCUT2D eigenvalue weighted by Gasteiger charge is -2.32. The van der Waals surface area contributed by atoms with Crippen LogP contribution in [0.2, 0.25) is 0 Å². The molecule has 2 unspecified atom stereocenters. The van der Waals surface area contributed by atoms with Crippen molar-refractivity contribution in [3.8, 4) is 5.95 Å². The standard InChI is InChI=1S/C17H23N3O2/c1-13-7-6-8-14(2)19(13)20-16(17(21)22-18-20)12-11-15-9-4-3-5-10-15/h3-5,9-10,13-14H,6-8,11-12H2,1-2H3. The van der Waals surface area contributed by atoms with Gasteiger partial charge in [0.1, 0.15) is 5.27 Å². The molecule has 0 N–H and O–H groups in total. The minimum atomic E-state index is -0.319. The molecule has 5 nitrogen and oxygen atoms in total. The van der Waals surface area contributed by atoms with E-state index < -0.39 is 0 Å². The van der Waals surface area contributed by atoms with Crippen LogP contribution in [0.25, 0.3) is 0 Å². The Morgan fingerprint density at radius 1 is 1.18 bits per heavy atom. The second kappa shape index (κ2) is 6.38. The lowest BCUT2D eigenvalue weighted by Crippen LogP contribution is -2.69. The van der Waals surface area contributed by atoms with Crippen LogP contribution in [0, 0.1) is 0 Å². The van der Waals surface area contributed by atoms with E-state index in [0.29, 0.717) is 24.2 Å². The van der Waals surface area contributed by atoms with Gasteiger partial charge in [-0.05, 0) is 45.1 Å². The topological polar surface area (TPSA) is 56.2 Å². The third kappa shape index (κ3) is 2.93. The number of nitrogens with zero attached hydrogens (tertiary/aromatic N) is 3. The van der Waals surface area contributed by atoms with E-state index in [1.807, 2.05) is 18.2 Å². The van der Waals surface area contributed by atoms with Crippen LogP contribution in [0.3, 0.4) is 0 Å². The molecule has 0 spiro atoms. The molecule has 0 aliphatic carbocycles. The molecule has 5 heteroatoms. The lowest BCUT2D eigenvalue weighted by atomic mass is 10.00. The van der Waals surface area contributed by atoms with Crippen molar-refractivity contribution in [1.29, 1.82) is 0 Å². The number of hydrogen-bond donors (Lipinski definition) is 0. The largest absolute Gasteiger partial charge is 0.539 e. The van der Waals surface area contributed by atoms with Crippen molar-refractivity contribution in [3.63, 3.8) is 0 Å². The van der Waals surface area contributed by atoms with Gasteiger partial charge in [-0.15, -0.1) is 5.01 Å². The SMILES string of the molecule is CC1CCCC(C)N1[n+]1noc([O-])c1CCc1ccccc1. The van der Waals surface area contributed by atoms with E-state index in [1.54, 1.807) is 4.79 Å². The molecule has 2 aromatic rings. The van der Waals surface area contributed by atoms with Crippen molar-refractivity contribution in [1.82, 2.24) is 5.27 Å². The fourth-order valence-electron chi connectivity index (χ4n) is 3.33. The first-order valence-electron chi connectivity index (χ1n) is 8.07. The summed E-state index contributed by atoms with van der Waals surface area (Å²) in [4.78, 5) is 1.72. The zero-order valence-corrected chi connectivity index (χ0v) is 13.2. The van der Waals surface area contributed by atoms with E-state index in [-0.39, 0.29) is 5.95 Å². The van der Waals surface area contributed by atoms with E-state index >= 15 is 0 Å². The Morgan fingerprint density at radius 2 is 1.86 bits per heavy atom. The molecular formula is C17H23N3O2. The van der Waals surface area contributed by atoms with Crippen molar-refractivity contribution in [3.05, 3.63) is 41.6 Å². The Morgan fingerprint density at radius 3 is 2.55 bits per heavy atom. The second-order valence-corrected chi connectivity index (χ2v) is 6.19. The van der Waals surface area contributed by atoms with Crippen molar-refractivity contribution in [2.45, 2.75) is 58.0 Å².